The fourth-order valence-electron chi connectivity index (χ4n) is 3.57. The molecule has 3 fully saturated rings. The summed E-state index contributed by atoms with van der Waals surface area (Å²) in [6.45, 7) is 5.25. The van der Waals surface area contributed by atoms with Gasteiger partial charge >= 0.3 is 0 Å². The molecule has 3 aliphatic rings. The second kappa shape index (κ2) is 6.02. The lowest BCUT2D eigenvalue weighted by molar-refractivity contribution is 0.0622. The Morgan fingerprint density at radius 3 is 2.83 bits per heavy atom. The molecule has 0 aliphatic carbocycles. The number of pyridine rings is 1. The lowest BCUT2D eigenvalue weighted by Gasteiger charge is -2.44. The normalized spacial score (nSPS) is 26.2. The number of fused-ring (bicyclic) bond motifs is 3. The zero-order valence-corrected chi connectivity index (χ0v) is 14.0. The molecular formula is C17H20N4OS. The zero-order valence-electron chi connectivity index (χ0n) is 13.2. The molecule has 5 rings (SSSR count). The van der Waals surface area contributed by atoms with E-state index in [9.17, 15) is 4.79 Å². The predicted molar refractivity (Wildman–Crippen MR) is 90.5 cm³/mol. The second-order valence-corrected chi connectivity index (χ2v) is 7.37. The topological polar surface area (TPSA) is 58.1 Å². The van der Waals surface area contributed by atoms with Gasteiger partial charge in [-0.15, -0.1) is 11.3 Å². The summed E-state index contributed by atoms with van der Waals surface area (Å²) in [7, 11) is 0. The van der Waals surface area contributed by atoms with Gasteiger partial charge in [0.1, 0.15) is 9.88 Å². The molecule has 3 aliphatic heterocycles. The second-order valence-electron chi connectivity index (χ2n) is 6.37. The Bertz CT molecular complexity index is 707. The van der Waals surface area contributed by atoms with Crippen LogP contribution in [0.5, 0.6) is 0 Å². The van der Waals surface area contributed by atoms with Crippen LogP contribution in [0.1, 0.15) is 28.2 Å². The Morgan fingerprint density at radius 1 is 1.35 bits per heavy atom. The van der Waals surface area contributed by atoms with Gasteiger partial charge in [0.25, 0.3) is 5.91 Å². The molecule has 5 nitrogen and oxygen atoms in total. The molecule has 5 heterocycles. The Labute approximate surface area is 139 Å². The van der Waals surface area contributed by atoms with Crippen LogP contribution < -0.4 is 5.32 Å². The van der Waals surface area contributed by atoms with E-state index in [-0.39, 0.29) is 11.9 Å². The first-order chi connectivity index (χ1) is 11.2. The van der Waals surface area contributed by atoms with E-state index in [0.29, 0.717) is 10.8 Å². The average molecular weight is 328 g/mol. The Kier molecular flexibility index (Phi) is 3.87. The lowest BCUT2D eigenvalue weighted by atomic mass is 9.84. The highest BCUT2D eigenvalue weighted by atomic mass is 32.1. The highest BCUT2D eigenvalue weighted by Gasteiger charge is 2.35. The van der Waals surface area contributed by atoms with Crippen molar-refractivity contribution in [2.24, 2.45) is 5.92 Å². The Hall–Kier alpha value is -1.79. The molecule has 1 atom stereocenters. The standard InChI is InChI=1S/C17H20N4OS/c1-11-15(23-17(19-11)13-4-2-3-7-18-13)16(22)20-14-10-21-8-5-12(14)6-9-21/h2-4,7,12,14H,5-6,8-10H2,1H3,(H,20,22)/t14-/m0/s1. The smallest absolute Gasteiger partial charge is 0.263 e. The Balaban J connectivity index is 1.52. The van der Waals surface area contributed by atoms with E-state index in [0.717, 1.165) is 22.9 Å². The van der Waals surface area contributed by atoms with E-state index in [1.807, 2.05) is 25.1 Å². The van der Waals surface area contributed by atoms with Gasteiger partial charge in [0.2, 0.25) is 0 Å². The maximum absolute atomic E-state index is 12.7. The highest BCUT2D eigenvalue weighted by Crippen LogP contribution is 2.29. The molecule has 120 valence electrons. The number of hydrogen-bond acceptors (Lipinski definition) is 5. The first-order valence-electron chi connectivity index (χ1n) is 8.13. The molecule has 0 unspecified atom stereocenters. The van der Waals surface area contributed by atoms with Crippen LogP contribution in [0.4, 0.5) is 0 Å². The third-order valence-corrected chi connectivity index (χ3v) is 6.04. The summed E-state index contributed by atoms with van der Waals surface area (Å²) in [4.78, 5) is 24.7. The van der Waals surface area contributed by atoms with Crippen molar-refractivity contribution in [1.29, 1.82) is 0 Å². The quantitative estimate of drug-likeness (QED) is 0.939. The largest absolute Gasteiger partial charge is 0.347 e. The molecule has 2 bridgehead atoms. The number of carbonyl (C=O) groups excluding carboxylic acids is 1. The minimum Gasteiger partial charge on any atom is -0.347 e. The Morgan fingerprint density at radius 2 is 2.17 bits per heavy atom. The van der Waals surface area contributed by atoms with Crippen molar-refractivity contribution in [3.63, 3.8) is 0 Å². The summed E-state index contributed by atoms with van der Waals surface area (Å²) < 4.78 is 0. The number of carbonyl (C=O) groups is 1. The number of aromatic nitrogens is 2. The number of rotatable bonds is 3. The molecule has 0 saturated carbocycles. The molecule has 3 saturated heterocycles. The number of hydrogen-bond donors (Lipinski definition) is 1. The summed E-state index contributed by atoms with van der Waals surface area (Å²) >= 11 is 1.43. The van der Waals surface area contributed by atoms with Gasteiger partial charge in [0.05, 0.1) is 11.4 Å². The third kappa shape index (κ3) is 2.88. The van der Waals surface area contributed by atoms with E-state index in [2.05, 4.69) is 20.2 Å². The van der Waals surface area contributed by atoms with Crippen LogP contribution in [-0.4, -0.2) is 46.5 Å². The summed E-state index contributed by atoms with van der Waals surface area (Å²) in [5.74, 6) is 0.647. The number of nitrogens with zero attached hydrogens (tertiary/aromatic N) is 3. The fourth-order valence-corrected chi connectivity index (χ4v) is 4.51. The zero-order chi connectivity index (χ0) is 15.8. The molecule has 23 heavy (non-hydrogen) atoms. The molecule has 2 aromatic rings. The molecule has 6 heteroatoms. The maximum Gasteiger partial charge on any atom is 0.263 e. The number of aryl methyl sites for hydroxylation is 1. The maximum atomic E-state index is 12.7. The van der Waals surface area contributed by atoms with Gasteiger partial charge in [0.15, 0.2) is 0 Å². The van der Waals surface area contributed by atoms with Crippen LogP contribution in [0.15, 0.2) is 24.4 Å². The van der Waals surface area contributed by atoms with Crippen molar-refractivity contribution in [1.82, 2.24) is 20.2 Å². The average Bonchev–Trinajstić information content (AvgIpc) is 2.99. The van der Waals surface area contributed by atoms with Gasteiger partial charge in [0, 0.05) is 18.8 Å². The van der Waals surface area contributed by atoms with Crippen molar-refractivity contribution in [2.75, 3.05) is 19.6 Å². The van der Waals surface area contributed by atoms with Crippen LogP contribution in [-0.2, 0) is 0 Å². The monoisotopic (exact) mass is 328 g/mol. The van der Waals surface area contributed by atoms with E-state index < -0.39 is 0 Å². The van der Waals surface area contributed by atoms with Crippen molar-refractivity contribution >= 4 is 17.2 Å². The molecule has 0 radical (unpaired) electrons. The SMILES string of the molecule is Cc1nc(-c2ccccn2)sc1C(=O)N[C@H]1CN2CCC1CC2. The number of piperidine rings is 3. The molecule has 1 amide bonds. The highest BCUT2D eigenvalue weighted by molar-refractivity contribution is 7.17. The van der Waals surface area contributed by atoms with Crippen LogP contribution in [0, 0.1) is 12.8 Å². The van der Waals surface area contributed by atoms with Crippen LogP contribution >= 0.6 is 11.3 Å². The lowest BCUT2D eigenvalue weighted by Crippen LogP contribution is -2.57. The summed E-state index contributed by atoms with van der Waals surface area (Å²) in [6, 6.07) is 6.02. The minimum absolute atomic E-state index is 0.0148. The van der Waals surface area contributed by atoms with Gasteiger partial charge in [-0.3, -0.25) is 9.78 Å². The number of nitrogens with one attached hydrogen (secondary N) is 1. The van der Waals surface area contributed by atoms with E-state index in [1.54, 1.807) is 6.20 Å². The van der Waals surface area contributed by atoms with Crippen molar-refractivity contribution in [2.45, 2.75) is 25.8 Å². The summed E-state index contributed by atoms with van der Waals surface area (Å²) in [5, 5.41) is 4.05. The van der Waals surface area contributed by atoms with Crippen molar-refractivity contribution in [3.05, 3.63) is 35.0 Å². The summed E-state index contributed by atoms with van der Waals surface area (Å²) in [5.41, 5.74) is 1.61. The van der Waals surface area contributed by atoms with E-state index in [1.165, 1.54) is 37.3 Å². The van der Waals surface area contributed by atoms with Crippen LogP contribution in [0.25, 0.3) is 10.7 Å². The van der Waals surface area contributed by atoms with Gasteiger partial charge in [-0.05, 0) is 50.9 Å². The van der Waals surface area contributed by atoms with Gasteiger partial charge in [-0.2, -0.15) is 0 Å². The van der Waals surface area contributed by atoms with Crippen LogP contribution in [0.2, 0.25) is 0 Å². The molecule has 0 spiro atoms. The van der Waals surface area contributed by atoms with Gasteiger partial charge in [-0.25, -0.2) is 4.98 Å². The predicted octanol–water partition coefficient (Wildman–Crippen LogP) is 2.34. The van der Waals surface area contributed by atoms with Crippen LogP contribution in [0.3, 0.4) is 0 Å². The first kappa shape index (κ1) is 14.8. The van der Waals surface area contributed by atoms with Crippen molar-refractivity contribution < 1.29 is 4.79 Å². The molecule has 1 N–H and O–H groups in total. The number of thiazole rings is 1. The van der Waals surface area contributed by atoms with Gasteiger partial charge in [-0.1, -0.05) is 6.07 Å². The van der Waals surface area contributed by atoms with E-state index >= 15 is 0 Å². The van der Waals surface area contributed by atoms with Gasteiger partial charge < -0.3 is 10.2 Å². The molecule has 2 aromatic heterocycles. The molecular weight excluding hydrogens is 308 g/mol. The first-order valence-corrected chi connectivity index (χ1v) is 8.94. The fraction of sp³-hybridized carbons (Fsp3) is 0.471. The number of amides is 1. The summed E-state index contributed by atoms with van der Waals surface area (Å²) in [6.07, 6.45) is 4.15. The minimum atomic E-state index is 0.0148. The van der Waals surface area contributed by atoms with Crippen molar-refractivity contribution in [3.8, 4) is 10.7 Å². The van der Waals surface area contributed by atoms with E-state index in [4.69, 9.17) is 0 Å². The molecule has 0 aromatic carbocycles. The third-order valence-electron chi connectivity index (χ3n) is 4.86.